The molecule has 2 aromatic carbocycles. The van der Waals surface area contributed by atoms with Crippen molar-refractivity contribution in [2.24, 2.45) is 5.10 Å². The number of carboxylic acids is 1. The van der Waals surface area contributed by atoms with Crippen molar-refractivity contribution in [1.82, 2.24) is 5.43 Å². The van der Waals surface area contributed by atoms with E-state index in [-0.39, 0.29) is 12.4 Å². The smallest absolute Gasteiger partial charge is 0.344 e. The fourth-order valence-electron chi connectivity index (χ4n) is 2.03. The van der Waals surface area contributed by atoms with Crippen LogP contribution < -0.4 is 19.6 Å². The number of hydrazone groups is 1. The molecule has 2 aromatic rings. The molecule has 0 radical (unpaired) electrons. The molecule has 0 fully saturated rings. The van der Waals surface area contributed by atoms with Crippen molar-refractivity contribution in [3.05, 3.63) is 52.5 Å². The summed E-state index contributed by atoms with van der Waals surface area (Å²) in [5, 5.41) is 12.9. The number of ether oxygens (including phenoxy) is 3. The Kier molecular flexibility index (Phi) is 7.82. The van der Waals surface area contributed by atoms with Crippen LogP contribution in [0, 0.1) is 0 Å². The molecule has 28 heavy (non-hydrogen) atoms. The SMILES string of the molecule is COc1cccc(/C=N\NC(=O)COc2ccc(Br)cc2)c1O[C@@H](C)C(=O)O. The van der Waals surface area contributed by atoms with E-state index in [0.717, 1.165) is 4.47 Å². The van der Waals surface area contributed by atoms with Gasteiger partial charge in [-0.15, -0.1) is 0 Å². The fourth-order valence-corrected chi connectivity index (χ4v) is 2.30. The first kappa shape index (κ1) is 21.2. The van der Waals surface area contributed by atoms with E-state index in [1.165, 1.54) is 20.2 Å². The Morgan fingerprint density at radius 3 is 2.61 bits per heavy atom. The van der Waals surface area contributed by atoms with Crippen molar-refractivity contribution in [3.8, 4) is 17.2 Å². The molecule has 0 unspecified atom stereocenters. The van der Waals surface area contributed by atoms with Crippen molar-refractivity contribution in [2.75, 3.05) is 13.7 Å². The van der Waals surface area contributed by atoms with Crippen LogP contribution in [0.3, 0.4) is 0 Å². The molecule has 0 spiro atoms. The highest BCUT2D eigenvalue weighted by Gasteiger charge is 2.18. The van der Waals surface area contributed by atoms with Crippen LogP contribution in [0.2, 0.25) is 0 Å². The highest BCUT2D eigenvalue weighted by atomic mass is 79.9. The van der Waals surface area contributed by atoms with Gasteiger partial charge in [-0.3, -0.25) is 4.79 Å². The molecule has 0 bridgehead atoms. The molecule has 0 saturated carbocycles. The molecule has 2 rings (SSSR count). The van der Waals surface area contributed by atoms with Crippen LogP contribution in [0.1, 0.15) is 12.5 Å². The van der Waals surface area contributed by atoms with Crippen molar-refractivity contribution in [2.45, 2.75) is 13.0 Å². The number of hydrogen-bond acceptors (Lipinski definition) is 6. The van der Waals surface area contributed by atoms with Gasteiger partial charge in [-0.05, 0) is 43.3 Å². The Balaban J connectivity index is 1.99. The molecular weight excluding hydrogens is 432 g/mol. The molecule has 0 aliphatic heterocycles. The number of benzene rings is 2. The Morgan fingerprint density at radius 2 is 1.96 bits per heavy atom. The number of methoxy groups -OCH3 is 1. The van der Waals surface area contributed by atoms with E-state index in [9.17, 15) is 9.59 Å². The van der Waals surface area contributed by atoms with Crippen LogP contribution >= 0.6 is 15.9 Å². The summed E-state index contributed by atoms with van der Waals surface area (Å²) in [7, 11) is 1.44. The van der Waals surface area contributed by atoms with E-state index in [1.54, 1.807) is 42.5 Å². The minimum absolute atomic E-state index is 0.212. The van der Waals surface area contributed by atoms with E-state index >= 15 is 0 Å². The Hall–Kier alpha value is -3.07. The lowest BCUT2D eigenvalue weighted by molar-refractivity contribution is -0.144. The number of nitrogens with one attached hydrogen (secondary N) is 1. The van der Waals surface area contributed by atoms with Crippen molar-refractivity contribution < 1.29 is 28.9 Å². The first-order chi connectivity index (χ1) is 13.4. The van der Waals surface area contributed by atoms with Crippen molar-refractivity contribution >= 4 is 34.0 Å². The average Bonchev–Trinajstić information content (AvgIpc) is 2.68. The van der Waals surface area contributed by atoms with E-state index in [1.807, 2.05) is 0 Å². The third-order valence-electron chi connectivity index (χ3n) is 3.45. The summed E-state index contributed by atoms with van der Waals surface area (Å²) in [6.45, 7) is 1.19. The van der Waals surface area contributed by atoms with Gasteiger partial charge in [0.05, 0.1) is 13.3 Å². The number of rotatable bonds is 9. The van der Waals surface area contributed by atoms with Crippen molar-refractivity contribution in [1.29, 1.82) is 0 Å². The monoisotopic (exact) mass is 450 g/mol. The van der Waals surface area contributed by atoms with Gasteiger partial charge in [-0.2, -0.15) is 5.10 Å². The highest BCUT2D eigenvalue weighted by Crippen LogP contribution is 2.31. The Bertz CT molecular complexity index is 854. The first-order valence-corrected chi connectivity index (χ1v) is 8.96. The number of carboxylic acid groups (broad SMARTS) is 1. The predicted octanol–water partition coefficient (Wildman–Crippen LogP) is 2.84. The van der Waals surface area contributed by atoms with Gasteiger partial charge >= 0.3 is 5.97 Å². The number of nitrogens with zero attached hydrogens (tertiary/aromatic N) is 1. The maximum absolute atomic E-state index is 11.9. The Labute approximate surface area is 170 Å². The zero-order valence-electron chi connectivity index (χ0n) is 15.2. The zero-order valence-corrected chi connectivity index (χ0v) is 16.8. The lowest BCUT2D eigenvalue weighted by Gasteiger charge is -2.15. The quantitative estimate of drug-likeness (QED) is 0.449. The summed E-state index contributed by atoms with van der Waals surface area (Å²) >= 11 is 3.31. The molecule has 148 valence electrons. The summed E-state index contributed by atoms with van der Waals surface area (Å²) in [6.07, 6.45) is 0.251. The van der Waals surface area contributed by atoms with Crippen molar-refractivity contribution in [3.63, 3.8) is 0 Å². The van der Waals surface area contributed by atoms with Crippen LogP contribution in [-0.4, -0.2) is 43.0 Å². The van der Waals surface area contributed by atoms with E-state index in [0.29, 0.717) is 17.1 Å². The summed E-state index contributed by atoms with van der Waals surface area (Å²) in [4.78, 5) is 22.9. The molecule has 8 nitrogen and oxygen atoms in total. The standard InChI is InChI=1S/C19H19BrN2O6/c1-12(19(24)25)28-18-13(4-3-5-16(18)26-2)10-21-22-17(23)11-27-15-8-6-14(20)7-9-15/h3-10,12H,11H2,1-2H3,(H,22,23)(H,24,25)/b21-10-/t12-/m0/s1. The predicted molar refractivity (Wildman–Crippen MR) is 106 cm³/mol. The molecule has 0 aliphatic rings. The van der Waals surface area contributed by atoms with Gasteiger partial charge < -0.3 is 19.3 Å². The van der Waals surface area contributed by atoms with E-state index < -0.39 is 18.0 Å². The molecule has 1 amide bonds. The van der Waals surface area contributed by atoms with Gasteiger partial charge in [-0.1, -0.05) is 22.0 Å². The Morgan fingerprint density at radius 1 is 1.25 bits per heavy atom. The minimum atomic E-state index is -1.12. The van der Waals surface area contributed by atoms with Crippen LogP contribution in [-0.2, 0) is 9.59 Å². The van der Waals surface area contributed by atoms with Gasteiger partial charge in [-0.25, -0.2) is 10.2 Å². The largest absolute Gasteiger partial charge is 0.493 e. The summed E-state index contributed by atoms with van der Waals surface area (Å²) < 4.78 is 16.9. The van der Waals surface area contributed by atoms with Gasteiger partial charge in [0.1, 0.15) is 5.75 Å². The van der Waals surface area contributed by atoms with Gasteiger partial charge in [0.25, 0.3) is 5.91 Å². The molecule has 9 heteroatoms. The van der Waals surface area contributed by atoms with Gasteiger partial charge in [0.2, 0.25) is 0 Å². The second-order valence-corrected chi connectivity index (χ2v) is 6.43. The van der Waals surface area contributed by atoms with Crippen LogP contribution in [0.4, 0.5) is 0 Å². The topological polar surface area (TPSA) is 106 Å². The first-order valence-electron chi connectivity index (χ1n) is 8.17. The van der Waals surface area contributed by atoms with E-state index in [2.05, 4.69) is 26.5 Å². The highest BCUT2D eigenvalue weighted by molar-refractivity contribution is 9.10. The lowest BCUT2D eigenvalue weighted by atomic mass is 10.2. The lowest BCUT2D eigenvalue weighted by Crippen LogP contribution is -2.25. The molecule has 0 aliphatic carbocycles. The molecule has 0 heterocycles. The zero-order chi connectivity index (χ0) is 20.5. The summed E-state index contributed by atoms with van der Waals surface area (Å²) in [5.41, 5.74) is 2.78. The molecule has 0 aromatic heterocycles. The second kappa shape index (κ2) is 10.3. The third-order valence-corrected chi connectivity index (χ3v) is 3.98. The number of carbonyl (C=O) groups is 2. The summed E-state index contributed by atoms with van der Waals surface area (Å²) in [6, 6.07) is 12.0. The second-order valence-electron chi connectivity index (χ2n) is 5.51. The minimum Gasteiger partial charge on any atom is -0.493 e. The summed E-state index contributed by atoms with van der Waals surface area (Å²) in [5.74, 6) is -0.463. The number of aliphatic carboxylic acids is 1. The number of carbonyl (C=O) groups excluding carboxylic acids is 1. The van der Waals surface area contributed by atoms with Crippen LogP contribution in [0.15, 0.2) is 52.0 Å². The normalized spacial score (nSPS) is 11.7. The van der Waals surface area contributed by atoms with Gasteiger partial charge in [0, 0.05) is 10.0 Å². The molecular formula is C19H19BrN2O6. The maximum atomic E-state index is 11.9. The third kappa shape index (κ3) is 6.27. The number of para-hydroxylation sites is 1. The average molecular weight is 451 g/mol. The van der Waals surface area contributed by atoms with Gasteiger partial charge in [0.15, 0.2) is 24.2 Å². The van der Waals surface area contributed by atoms with Crippen LogP contribution in [0.25, 0.3) is 0 Å². The molecule has 2 N–H and O–H groups in total. The number of halogens is 1. The van der Waals surface area contributed by atoms with Crippen LogP contribution in [0.5, 0.6) is 17.2 Å². The maximum Gasteiger partial charge on any atom is 0.344 e. The van der Waals surface area contributed by atoms with E-state index in [4.69, 9.17) is 19.3 Å². The fraction of sp³-hybridized carbons (Fsp3) is 0.211. The molecule has 1 atom stereocenters. The molecule has 0 saturated heterocycles. The number of hydrogen-bond donors (Lipinski definition) is 2. The number of amides is 1.